The largest absolute Gasteiger partial charge is 0.573 e. The van der Waals surface area contributed by atoms with Crippen LogP contribution in [-0.4, -0.2) is 24.7 Å². The van der Waals surface area contributed by atoms with Gasteiger partial charge in [-0.05, 0) is 0 Å². The molecule has 0 aliphatic carbocycles. The van der Waals surface area contributed by atoms with E-state index in [-0.39, 0.29) is 6.07 Å². The first-order chi connectivity index (χ1) is 9.33. The fraction of sp³-hybridized carbons (Fsp3) is 0.286. The summed E-state index contributed by atoms with van der Waals surface area (Å²) in [6.07, 6.45) is -9.30. The molecule has 0 aromatic carbocycles. The van der Waals surface area contributed by atoms with E-state index in [9.17, 15) is 40.5 Å². The van der Waals surface area contributed by atoms with Gasteiger partial charge in [0.15, 0.2) is 10.7 Å². The van der Waals surface area contributed by atoms with Gasteiger partial charge < -0.3 is 4.74 Å². The predicted molar refractivity (Wildman–Crippen MR) is 53.9 cm³/mol. The van der Waals surface area contributed by atoms with Crippen LogP contribution in [0.1, 0.15) is 12.1 Å². The van der Waals surface area contributed by atoms with Crippen molar-refractivity contribution in [1.82, 2.24) is 4.98 Å². The summed E-state index contributed by atoms with van der Waals surface area (Å²) in [5.74, 6) is -1.91. The van der Waals surface area contributed by atoms with Crippen molar-refractivity contribution in [3.8, 4) is 5.75 Å². The zero-order valence-corrected chi connectivity index (χ0v) is 10.3. The van der Waals surface area contributed by atoms with Crippen LogP contribution in [0.25, 0.3) is 0 Å². The summed E-state index contributed by atoms with van der Waals surface area (Å²) < 4.78 is 86.7. The van der Waals surface area contributed by atoms with Crippen LogP contribution in [0.3, 0.4) is 0 Å². The smallest absolute Gasteiger partial charge is 0.396 e. The second-order valence-electron chi connectivity index (χ2n) is 3.34. The molecule has 1 rings (SSSR count). The third-order valence-electron chi connectivity index (χ3n) is 1.87. The normalized spacial score (nSPS) is 12.5. The van der Waals surface area contributed by atoms with Gasteiger partial charge >= 0.3 is 12.0 Å². The Hall–Kier alpha value is -2.09. The quantitative estimate of drug-likeness (QED) is 0.504. The maximum absolute atomic E-state index is 12.6. The number of primary sulfonamides is 1. The first kappa shape index (κ1) is 17.0. The molecule has 0 unspecified atom stereocenters. The van der Waals surface area contributed by atoms with Gasteiger partial charge in [-0.1, -0.05) is 0 Å². The summed E-state index contributed by atoms with van der Waals surface area (Å²) in [5.41, 5.74) is -3.54. The van der Waals surface area contributed by atoms with Crippen molar-refractivity contribution >= 4 is 15.7 Å². The van der Waals surface area contributed by atoms with Crippen LogP contribution in [-0.2, 0) is 10.0 Å². The number of nitrogens with zero attached hydrogens (tertiary/aromatic N) is 2. The lowest BCUT2D eigenvalue weighted by molar-refractivity contribution is -0.389. The van der Waals surface area contributed by atoms with Crippen molar-refractivity contribution in [3.05, 3.63) is 21.9 Å². The lowest BCUT2D eigenvalue weighted by Crippen LogP contribution is -2.21. The number of nitrogens with two attached hydrogens (primary N) is 1. The Kier molecular flexibility index (Phi) is 4.33. The zero-order chi connectivity index (χ0) is 16.6. The van der Waals surface area contributed by atoms with E-state index in [4.69, 9.17) is 0 Å². The number of rotatable bonds is 4. The van der Waals surface area contributed by atoms with Gasteiger partial charge in [-0.25, -0.2) is 27.3 Å². The molecule has 118 valence electrons. The maximum Gasteiger partial charge on any atom is 0.573 e. The van der Waals surface area contributed by atoms with E-state index < -0.39 is 49.9 Å². The van der Waals surface area contributed by atoms with E-state index in [2.05, 4.69) is 14.9 Å². The third-order valence-corrected chi connectivity index (χ3v) is 2.66. The maximum atomic E-state index is 12.6. The molecule has 1 aromatic rings. The van der Waals surface area contributed by atoms with Crippen LogP contribution in [0, 0.1) is 10.1 Å². The minimum absolute atomic E-state index is 0.0116. The number of nitro groups is 1. The van der Waals surface area contributed by atoms with E-state index in [0.29, 0.717) is 0 Å². The van der Waals surface area contributed by atoms with E-state index in [0.717, 1.165) is 0 Å². The molecule has 14 heteroatoms. The number of halogens is 5. The van der Waals surface area contributed by atoms with Gasteiger partial charge in [0.05, 0.1) is 11.0 Å². The summed E-state index contributed by atoms with van der Waals surface area (Å²) in [5, 5.41) is 13.8. The van der Waals surface area contributed by atoms with Gasteiger partial charge in [0.2, 0.25) is 5.75 Å². The summed E-state index contributed by atoms with van der Waals surface area (Å²) in [7, 11) is -4.76. The fourth-order valence-corrected chi connectivity index (χ4v) is 1.67. The van der Waals surface area contributed by atoms with Crippen molar-refractivity contribution in [2.45, 2.75) is 17.8 Å². The Morgan fingerprint density at radius 3 is 2.24 bits per heavy atom. The van der Waals surface area contributed by atoms with Crippen LogP contribution < -0.4 is 9.88 Å². The van der Waals surface area contributed by atoms with E-state index in [1.165, 1.54) is 0 Å². The van der Waals surface area contributed by atoms with Gasteiger partial charge in [-0.15, -0.1) is 13.2 Å². The van der Waals surface area contributed by atoms with E-state index >= 15 is 0 Å². The Morgan fingerprint density at radius 2 is 1.90 bits per heavy atom. The van der Waals surface area contributed by atoms with E-state index in [1.54, 1.807) is 0 Å². The SMILES string of the molecule is NS(=O)(=O)c1cc([N+](=O)[O-])c(OC(F)(F)F)c(C(F)F)n1. The standard InChI is InChI=1S/C7H4F5N3O5S/c8-6(9)4-5(20-7(10,11)12)2(15(16)17)1-3(14-4)21(13,18)19/h1,6H,(H2,13,18,19). The molecule has 1 heterocycles. The van der Waals surface area contributed by atoms with Gasteiger partial charge in [0.1, 0.15) is 0 Å². The molecule has 0 aliphatic rings. The van der Waals surface area contributed by atoms with Gasteiger partial charge in [0, 0.05) is 0 Å². The number of ether oxygens (including phenoxy) is 1. The molecule has 0 amide bonds. The Morgan fingerprint density at radius 1 is 1.38 bits per heavy atom. The first-order valence-electron chi connectivity index (χ1n) is 4.59. The Labute approximate surface area is 112 Å². The molecule has 8 nitrogen and oxygen atoms in total. The number of hydrogen-bond donors (Lipinski definition) is 1. The molecule has 0 aliphatic heterocycles. The average molecular weight is 337 g/mol. The predicted octanol–water partition coefficient (Wildman–Crippen LogP) is 1.47. The minimum atomic E-state index is -5.53. The Balaban J connectivity index is 3.71. The lowest BCUT2D eigenvalue weighted by atomic mass is 10.3. The molecule has 1 aromatic heterocycles. The molecule has 0 atom stereocenters. The van der Waals surface area contributed by atoms with Crippen molar-refractivity contribution in [1.29, 1.82) is 0 Å². The molecule has 0 bridgehead atoms. The van der Waals surface area contributed by atoms with Crippen LogP contribution in [0.5, 0.6) is 5.75 Å². The number of alkyl halides is 5. The van der Waals surface area contributed by atoms with Crippen LogP contribution in [0.2, 0.25) is 0 Å². The highest BCUT2D eigenvalue weighted by molar-refractivity contribution is 7.89. The molecule has 0 spiro atoms. The summed E-state index contributed by atoms with van der Waals surface area (Å²) in [6.45, 7) is 0. The molecule has 0 fully saturated rings. The highest BCUT2D eigenvalue weighted by Crippen LogP contribution is 2.39. The van der Waals surface area contributed by atoms with Gasteiger partial charge in [0.25, 0.3) is 16.4 Å². The third kappa shape index (κ3) is 4.19. The molecule has 0 saturated carbocycles. The molecular formula is C7H4F5N3O5S. The Bertz CT molecular complexity index is 674. The molecular weight excluding hydrogens is 333 g/mol. The van der Waals surface area contributed by atoms with Crippen LogP contribution in [0.4, 0.5) is 27.6 Å². The number of sulfonamides is 1. The van der Waals surface area contributed by atoms with Crippen LogP contribution >= 0.6 is 0 Å². The highest BCUT2D eigenvalue weighted by atomic mass is 32.2. The zero-order valence-electron chi connectivity index (χ0n) is 9.47. The molecule has 0 radical (unpaired) electrons. The fourth-order valence-electron chi connectivity index (χ4n) is 1.17. The van der Waals surface area contributed by atoms with Crippen molar-refractivity contribution < 1.29 is 40.0 Å². The number of pyridine rings is 1. The highest BCUT2D eigenvalue weighted by Gasteiger charge is 2.39. The number of hydrogen-bond acceptors (Lipinski definition) is 6. The second-order valence-corrected chi connectivity index (χ2v) is 4.85. The van der Waals surface area contributed by atoms with Gasteiger partial charge in [-0.2, -0.15) is 0 Å². The van der Waals surface area contributed by atoms with Crippen LogP contribution in [0.15, 0.2) is 11.1 Å². The second kappa shape index (κ2) is 5.36. The lowest BCUT2D eigenvalue weighted by Gasteiger charge is -2.13. The van der Waals surface area contributed by atoms with Crippen molar-refractivity contribution in [3.63, 3.8) is 0 Å². The van der Waals surface area contributed by atoms with Gasteiger partial charge in [-0.3, -0.25) is 10.1 Å². The van der Waals surface area contributed by atoms with E-state index in [1.807, 2.05) is 0 Å². The average Bonchev–Trinajstić information content (AvgIpc) is 2.24. The molecule has 21 heavy (non-hydrogen) atoms. The minimum Gasteiger partial charge on any atom is -0.396 e. The number of aromatic nitrogens is 1. The van der Waals surface area contributed by atoms with Crippen molar-refractivity contribution in [2.24, 2.45) is 5.14 Å². The van der Waals surface area contributed by atoms with Crippen molar-refractivity contribution in [2.75, 3.05) is 0 Å². The summed E-state index contributed by atoms with van der Waals surface area (Å²) in [4.78, 5) is 11.8. The summed E-state index contributed by atoms with van der Waals surface area (Å²) >= 11 is 0. The topological polar surface area (TPSA) is 125 Å². The molecule has 2 N–H and O–H groups in total. The summed E-state index contributed by atoms with van der Waals surface area (Å²) in [6, 6.07) is -0.0116. The first-order valence-corrected chi connectivity index (χ1v) is 6.13. The molecule has 0 saturated heterocycles. The monoisotopic (exact) mass is 337 g/mol.